The minimum Gasteiger partial charge on any atom is -0.464 e. The summed E-state index contributed by atoms with van der Waals surface area (Å²) in [5.74, 6) is -1.75. The fourth-order valence-electron chi connectivity index (χ4n) is 13.7. The Kier molecular flexibility index (Phi) is 17.3. The van der Waals surface area contributed by atoms with Crippen molar-refractivity contribution in [2.75, 3.05) is 91.2 Å². The van der Waals surface area contributed by atoms with Gasteiger partial charge in [0.25, 0.3) is 5.91 Å². The number of aromatic nitrogens is 2. The summed E-state index contributed by atoms with van der Waals surface area (Å²) in [4.78, 5) is 86.4. The average molecular weight is 1110 g/mol. The van der Waals surface area contributed by atoms with Crippen molar-refractivity contribution < 1.29 is 38.2 Å². The standard InChI is InChI=1S/C63H86N10O8/c1-10-54(74)71-30-31-81-63(39-71)22-26-69(27-23-63)61(78)67(8)56(41(3)4)58(75)65-52-33-43-16-14-17-44(32-43)45-20-21-53-48(34-45)50(36-62(6,7)40-80-60(77)51-19-15-25-73(66-51)59(52)76)57(72(53)11-2)49-35-47(37-64-55(49)42(5)79-9)70-29-28-68-24-13-12-18-46(68)38-70/h10,14,16-17,20-21,32,34-35,37,41-42,46,51-52,56,66H,1,11-13,15,18-19,22-31,33,36,38-40H2,2-9H3,(H,65,75)/t42-,46+,51-,52-,56-/m0/s1. The molecule has 6 aliphatic rings. The number of amides is 5. The van der Waals surface area contributed by atoms with Crippen LogP contribution in [0, 0.1) is 11.3 Å². The van der Waals surface area contributed by atoms with Crippen LogP contribution in [0.5, 0.6) is 0 Å². The third-order valence-corrected chi connectivity index (χ3v) is 18.2. The molecule has 6 aliphatic heterocycles. The summed E-state index contributed by atoms with van der Waals surface area (Å²) in [6.07, 6.45) is 9.62. The van der Waals surface area contributed by atoms with E-state index in [2.05, 4.69) is 95.8 Å². The molecular weight excluding hydrogens is 1020 g/mol. The number of hydrogen-bond donors (Lipinski definition) is 2. The minimum atomic E-state index is -1.06. The Labute approximate surface area is 478 Å². The maximum absolute atomic E-state index is 15.0. The van der Waals surface area contributed by atoms with E-state index >= 15 is 0 Å². The van der Waals surface area contributed by atoms with E-state index in [0.717, 1.165) is 75.4 Å². The lowest BCUT2D eigenvalue weighted by Crippen LogP contribution is -2.63. The fourth-order valence-corrected chi connectivity index (χ4v) is 13.7. The highest BCUT2D eigenvalue weighted by Crippen LogP contribution is 2.44. The van der Waals surface area contributed by atoms with Crippen LogP contribution >= 0.6 is 0 Å². The molecule has 6 bridgehead atoms. The van der Waals surface area contributed by atoms with Crippen molar-refractivity contribution in [1.29, 1.82) is 0 Å². The number of piperidine rings is 2. The monoisotopic (exact) mass is 1110 g/mol. The van der Waals surface area contributed by atoms with Gasteiger partial charge in [0.05, 0.1) is 54.7 Å². The molecule has 5 atom stereocenters. The van der Waals surface area contributed by atoms with Gasteiger partial charge in [0, 0.05) is 101 Å². The number of pyridine rings is 1. The van der Waals surface area contributed by atoms with E-state index in [1.807, 2.05) is 32.2 Å². The molecule has 0 radical (unpaired) electrons. The number of likely N-dealkylation sites (N-methyl/N-ethyl adjacent to an activating group) is 1. The number of esters is 1. The van der Waals surface area contributed by atoms with E-state index in [1.54, 1.807) is 24.0 Å². The molecule has 0 aliphatic carbocycles. The summed E-state index contributed by atoms with van der Waals surface area (Å²) in [6.45, 7) is 23.4. The molecular formula is C63H86N10O8. The number of hydrazine groups is 1. The normalized spacial score (nSPS) is 23.3. The second kappa shape index (κ2) is 24.2. The number of anilines is 1. The number of benzene rings is 2. The van der Waals surface area contributed by atoms with Crippen LogP contribution in [0.1, 0.15) is 109 Å². The maximum Gasteiger partial charge on any atom is 0.324 e. The summed E-state index contributed by atoms with van der Waals surface area (Å²) in [5, 5.41) is 5.69. The number of cyclic esters (lactones) is 1. The number of ether oxygens (including phenoxy) is 3. The summed E-state index contributed by atoms with van der Waals surface area (Å²) >= 11 is 0. The number of nitrogens with zero attached hydrogens (tertiary/aromatic N) is 8. The topological polar surface area (TPSA) is 174 Å². The summed E-state index contributed by atoms with van der Waals surface area (Å²) in [6, 6.07) is 14.6. The zero-order valence-corrected chi connectivity index (χ0v) is 49.1. The van der Waals surface area contributed by atoms with Gasteiger partial charge in [0.15, 0.2) is 0 Å². The quantitative estimate of drug-likeness (QED) is 0.119. The zero-order valence-electron chi connectivity index (χ0n) is 49.1. The Bertz CT molecular complexity index is 3000. The van der Waals surface area contributed by atoms with Crippen molar-refractivity contribution in [3.05, 3.63) is 84.2 Å². The molecule has 5 saturated heterocycles. The zero-order chi connectivity index (χ0) is 57.3. The number of urea groups is 1. The Morgan fingerprint density at radius 2 is 1.74 bits per heavy atom. The maximum atomic E-state index is 15.0. The van der Waals surface area contributed by atoms with E-state index in [-0.39, 0.29) is 37.0 Å². The Morgan fingerprint density at radius 3 is 2.49 bits per heavy atom. The van der Waals surface area contributed by atoms with Crippen molar-refractivity contribution >= 4 is 46.3 Å². The second-order valence-electron chi connectivity index (χ2n) is 24.7. The van der Waals surface area contributed by atoms with Gasteiger partial charge in [0.2, 0.25) is 11.8 Å². The number of methoxy groups -OCH3 is 1. The third-order valence-electron chi connectivity index (χ3n) is 18.2. The van der Waals surface area contributed by atoms with Crippen LogP contribution in [-0.2, 0) is 52.8 Å². The first-order valence-electron chi connectivity index (χ1n) is 29.8. The molecule has 2 aromatic carbocycles. The van der Waals surface area contributed by atoms with Crippen LogP contribution in [0.4, 0.5) is 10.5 Å². The van der Waals surface area contributed by atoms with Crippen molar-refractivity contribution in [3.8, 4) is 22.4 Å². The molecule has 1 spiro atoms. The Hall–Kier alpha value is -6.34. The minimum absolute atomic E-state index is 0.131. The van der Waals surface area contributed by atoms with Gasteiger partial charge in [-0.1, -0.05) is 71.0 Å². The van der Waals surface area contributed by atoms with E-state index in [4.69, 9.17) is 19.2 Å². The first-order valence-corrected chi connectivity index (χ1v) is 29.8. The van der Waals surface area contributed by atoms with Gasteiger partial charge >= 0.3 is 12.0 Å². The third kappa shape index (κ3) is 12.1. The van der Waals surface area contributed by atoms with E-state index < -0.39 is 46.9 Å². The van der Waals surface area contributed by atoms with Gasteiger partial charge in [-0.05, 0) is 118 Å². The van der Waals surface area contributed by atoms with Crippen LogP contribution in [0.25, 0.3) is 33.3 Å². The number of nitrogens with one attached hydrogen (secondary N) is 2. The molecule has 5 amide bonds. The van der Waals surface area contributed by atoms with Crippen LogP contribution < -0.4 is 15.6 Å². The summed E-state index contributed by atoms with van der Waals surface area (Å²) in [5.41, 5.74) is 11.2. The van der Waals surface area contributed by atoms with Crippen LogP contribution in [0.15, 0.2) is 67.4 Å². The van der Waals surface area contributed by atoms with Crippen LogP contribution in [0.2, 0.25) is 0 Å². The number of carbonyl (C=O) groups excluding carboxylic acids is 5. The lowest BCUT2D eigenvalue weighted by Gasteiger charge is -2.47. The largest absolute Gasteiger partial charge is 0.464 e. The lowest BCUT2D eigenvalue weighted by molar-refractivity contribution is -0.155. The first-order chi connectivity index (χ1) is 38.9. The SMILES string of the molecule is C=CC(=O)N1CCOC2(CCN(C(=O)N(C)[C@H](C(=O)N[C@H]3Cc4cccc(c4)-c4ccc5c(c4)c(c(-c4cc(N6CCN7CCCC[C@@H]7C6)cnc4[C@H](C)OC)n5CC)CC(C)(C)COC(=O)[C@@H]4CCCN(N4)C3=O)C(C)C)CC2)C1. The molecule has 18 nitrogen and oxygen atoms in total. The molecule has 8 heterocycles. The molecule has 0 unspecified atom stereocenters. The number of fused-ring (bicyclic) bond motifs is 7. The highest BCUT2D eigenvalue weighted by atomic mass is 16.5. The molecule has 436 valence electrons. The van der Waals surface area contributed by atoms with Gasteiger partial charge in [-0.2, -0.15) is 0 Å². The lowest BCUT2D eigenvalue weighted by atomic mass is 9.84. The number of carbonyl (C=O) groups is 5. The second-order valence-corrected chi connectivity index (χ2v) is 24.7. The number of rotatable bonds is 10. The number of piperazine rings is 1. The fraction of sp³-hybridized carbons (Fsp3) is 0.587. The molecule has 18 heteroatoms. The molecule has 4 aromatic rings. The molecule has 10 rings (SSSR count). The van der Waals surface area contributed by atoms with E-state index in [0.29, 0.717) is 84.0 Å². The van der Waals surface area contributed by atoms with Gasteiger partial charge in [-0.15, -0.1) is 0 Å². The molecule has 81 heavy (non-hydrogen) atoms. The van der Waals surface area contributed by atoms with Crippen molar-refractivity contribution in [2.24, 2.45) is 11.3 Å². The molecule has 2 N–H and O–H groups in total. The van der Waals surface area contributed by atoms with Crippen LogP contribution in [0.3, 0.4) is 0 Å². The first kappa shape index (κ1) is 57.9. The number of likely N-dealkylation sites (tertiary alicyclic amines) is 1. The van der Waals surface area contributed by atoms with E-state index in [1.165, 1.54) is 41.8 Å². The predicted octanol–water partition coefficient (Wildman–Crippen LogP) is 7.38. The average Bonchev–Trinajstić information content (AvgIpc) is 3.85. The predicted molar refractivity (Wildman–Crippen MR) is 313 cm³/mol. The highest BCUT2D eigenvalue weighted by molar-refractivity contribution is 5.96. The van der Waals surface area contributed by atoms with Gasteiger partial charge in [0.1, 0.15) is 18.1 Å². The van der Waals surface area contributed by atoms with Crippen LogP contribution in [-0.4, -0.2) is 180 Å². The van der Waals surface area contributed by atoms with Crippen molar-refractivity contribution in [1.82, 2.24) is 44.9 Å². The van der Waals surface area contributed by atoms with Gasteiger partial charge < -0.3 is 43.7 Å². The van der Waals surface area contributed by atoms with Crippen molar-refractivity contribution in [3.63, 3.8) is 0 Å². The van der Waals surface area contributed by atoms with Gasteiger partial charge in [-0.25, -0.2) is 10.2 Å². The molecule has 5 fully saturated rings. The number of morpholine rings is 1. The van der Waals surface area contributed by atoms with E-state index in [9.17, 15) is 24.0 Å². The van der Waals surface area contributed by atoms with Gasteiger partial charge in [-0.3, -0.25) is 34.1 Å². The smallest absolute Gasteiger partial charge is 0.324 e. The van der Waals surface area contributed by atoms with Crippen molar-refractivity contribution in [2.45, 2.75) is 142 Å². The number of aryl methyl sites for hydroxylation is 1. The molecule has 0 saturated carbocycles. The summed E-state index contributed by atoms with van der Waals surface area (Å²) < 4.78 is 21.0. The number of hydrogen-bond acceptors (Lipinski definition) is 12. The molecule has 2 aromatic heterocycles. The Balaban J connectivity index is 0.984. The highest BCUT2D eigenvalue weighted by Gasteiger charge is 2.44. The Morgan fingerprint density at radius 1 is 0.951 bits per heavy atom. The summed E-state index contributed by atoms with van der Waals surface area (Å²) in [7, 11) is 3.38.